The number of halogens is 3. The van der Waals surface area contributed by atoms with Crippen molar-refractivity contribution in [1.29, 1.82) is 0 Å². The number of amides is 2. The number of ether oxygens (including phenoxy) is 3. The largest absolute Gasteiger partial charge is 0.468 e. The first-order valence-electron chi connectivity index (χ1n) is 26.1. The van der Waals surface area contributed by atoms with E-state index in [-0.39, 0.29) is 47.8 Å². The number of nitrogens with zero attached hydrogens (tertiary/aromatic N) is 9. The van der Waals surface area contributed by atoms with E-state index in [1.54, 1.807) is 36.0 Å². The summed E-state index contributed by atoms with van der Waals surface area (Å²) in [5.74, 6) is -1.30. The summed E-state index contributed by atoms with van der Waals surface area (Å²) in [5.41, 5.74) is 0.966. The molecule has 4 aliphatic heterocycles. The Balaban J connectivity index is 0.754. The lowest BCUT2D eigenvalue weighted by Gasteiger charge is -2.43. The summed E-state index contributed by atoms with van der Waals surface area (Å²) >= 11 is 0. The van der Waals surface area contributed by atoms with Crippen LogP contribution in [-0.4, -0.2) is 149 Å². The number of nitrogens with one attached hydrogen (secondary N) is 1. The molecule has 74 heavy (non-hydrogen) atoms. The minimum absolute atomic E-state index is 0.000835. The Hall–Kier alpha value is -6.15. The number of anilines is 2. The zero-order chi connectivity index (χ0) is 51.5. The average Bonchev–Trinajstić information content (AvgIpc) is 4.08. The van der Waals surface area contributed by atoms with Crippen LogP contribution in [0, 0.1) is 17.0 Å². The number of aliphatic hydroxyl groups is 1. The Morgan fingerprint density at radius 1 is 0.878 bits per heavy atom. The molecule has 3 aromatic heterocycles. The fourth-order valence-corrected chi connectivity index (χ4v) is 11.9. The van der Waals surface area contributed by atoms with Crippen LogP contribution < -0.4 is 24.6 Å². The van der Waals surface area contributed by atoms with Crippen molar-refractivity contribution in [3.05, 3.63) is 71.6 Å². The molecule has 11 rings (SSSR count). The third-order valence-electron chi connectivity index (χ3n) is 16.2. The molecular weight excluding hydrogens is 954 g/mol. The molecule has 1 aliphatic carbocycles. The van der Waals surface area contributed by atoms with Gasteiger partial charge in [0.2, 0.25) is 11.8 Å². The van der Waals surface area contributed by atoms with E-state index >= 15 is 13.2 Å². The van der Waals surface area contributed by atoms with Gasteiger partial charge in [0.25, 0.3) is 0 Å². The topological polar surface area (TPSA) is 164 Å². The van der Waals surface area contributed by atoms with E-state index in [1.165, 1.54) is 13.2 Å². The maximum Gasteiger partial charge on any atom is 0.319 e. The lowest BCUT2D eigenvalue weighted by molar-refractivity contribution is -0.134. The van der Waals surface area contributed by atoms with Crippen LogP contribution in [0.15, 0.2) is 48.7 Å². The number of aryl methyl sites for hydroxylation is 2. The predicted octanol–water partition coefficient (Wildman–Crippen LogP) is 7.21. The molecule has 5 aliphatic rings. The number of aromatic nitrogens is 5. The molecule has 0 radical (unpaired) electrons. The van der Waals surface area contributed by atoms with Gasteiger partial charge < -0.3 is 34.0 Å². The third-order valence-corrected chi connectivity index (χ3v) is 16.2. The number of hydrogen-bond acceptors (Lipinski definition) is 14. The Morgan fingerprint density at radius 3 is 2.39 bits per heavy atom. The van der Waals surface area contributed by atoms with Gasteiger partial charge in [-0.3, -0.25) is 29.5 Å². The Bertz CT molecular complexity index is 3130. The summed E-state index contributed by atoms with van der Waals surface area (Å²) in [7, 11) is 3.38. The van der Waals surface area contributed by atoms with Crippen LogP contribution in [0.5, 0.6) is 11.8 Å². The third kappa shape index (κ3) is 9.95. The lowest BCUT2D eigenvalue weighted by atomic mass is 9.91. The van der Waals surface area contributed by atoms with Gasteiger partial charge in [0.05, 0.1) is 34.7 Å². The second-order valence-corrected chi connectivity index (χ2v) is 21.7. The number of pyridine rings is 1. The fourth-order valence-electron chi connectivity index (χ4n) is 11.9. The van der Waals surface area contributed by atoms with Crippen molar-refractivity contribution in [2.24, 2.45) is 12.5 Å². The van der Waals surface area contributed by atoms with E-state index in [2.05, 4.69) is 37.1 Å². The van der Waals surface area contributed by atoms with Crippen LogP contribution in [0.2, 0.25) is 0 Å². The van der Waals surface area contributed by atoms with Gasteiger partial charge in [0.1, 0.15) is 34.3 Å². The van der Waals surface area contributed by atoms with E-state index in [1.807, 2.05) is 24.9 Å². The zero-order valence-corrected chi connectivity index (χ0v) is 42.7. The number of benzene rings is 3. The molecule has 7 heterocycles. The summed E-state index contributed by atoms with van der Waals surface area (Å²) in [6, 6.07) is 12.7. The zero-order valence-electron chi connectivity index (χ0n) is 42.7. The first-order valence-corrected chi connectivity index (χ1v) is 26.1. The van der Waals surface area contributed by atoms with Gasteiger partial charge in [-0.25, -0.2) is 13.2 Å². The number of piperidine rings is 3. The van der Waals surface area contributed by atoms with Crippen LogP contribution in [0.4, 0.5) is 24.7 Å². The van der Waals surface area contributed by atoms with E-state index in [0.29, 0.717) is 122 Å². The average molecular weight is 1020 g/mol. The molecule has 5 fully saturated rings. The number of carbonyl (C=O) groups is 2. The minimum Gasteiger partial charge on any atom is -0.468 e. The molecule has 0 bridgehead atoms. The highest BCUT2D eigenvalue weighted by atomic mass is 19.1. The lowest BCUT2D eigenvalue weighted by Crippen LogP contribution is -2.54. The number of methoxy groups -OCH3 is 1. The molecule has 6 aromatic rings. The van der Waals surface area contributed by atoms with Crippen molar-refractivity contribution < 1.29 is 42.1 Å². The molecular formula is C55H65F3N10O6. The quantitative estimate of drug-likeness (QED) is 0.0784. The molecule has 1 saturated carbocycles. The van der Waals surface area contributed by atoms with Crippen molar-refractivity contribution >= 4 is 55.9 Å². The van der Waals surface area contributed by atoms with Gasteiger partial charge >= 0.3 is 6.01 Å². The molecule has 19 heteroatoms. The molecule has 0 spiro atoms. The fraction of sp³-hybridized carbons (Fsp3) is 0.527. The SMILES string of the molecule is CCc1c(F)ccc2cc(OCOC)cc(-c3ncc4c(N5CCC[C@@](C)(O)C5)nc(OCC5(CN6CCC(F)(CN7CCN(c8ccc9c(C%10CCC(=O)NC%10=O)nn(C)c9c8)CC7)CC6)CC5)nc4c3F)c12. The van der Waals surface area contributed by atoms with Crippen molar-refractivity contribution in [2.75, 3.05) is 95.8 Å². The molecule has 4 saturated heterocycles. The van der Waals surface area contributed by atoms with Crippen molar-refractivity contribution in [1.82, 2.24) is 39.8 Å². The number of piperazine rings is 1. The van der Waals surface area contributed by atoms with E-state index < -0.39 is 28.8 Å². The Labute approximate surface area is 428 Å². The van der Waals surface area contributed by atoms with Gasteiger partial charge in [0.15, 0.2) is 12.6 Å². The van der Waals surface area contributed by atoms with Crippen molar-refractivity contribution in [3.63, 3.8) is 0 Å². The molecule has 3 aromatic carbocycles. The normalized spacial score (nSPS) is 22.5. The van der Waals surface area contributed by atoms with Gasteiger partial charge in [0, 0.05) is 114 Å². The summed E-state index contributed by atoms with van der Waals surface area (Å²) in [4.78, 5) is 47.5. The van der Waals surface area contributed by atoms with Crippen LogP contribution >= 0.6 is 0 Å². The van der Waals surface area contributed by atoms with E-state index in [4.69, 9.17) is 29.3 Å². The number of β-amino-alcohol motifs (C(OH)–C–C–N with tert-alkyl or cyclic N) is 1. The first kappa shape index (κ1) is 50.0. The summed E-state index contributed by atoms with van der Waals surface area (Å²) in [6.45, 7) is 10.1. The summed E-state index contributed by atoms with van der Waals surface area (Å²) in [6.07, 6.45) is 6.69. The molecule has 392 valence electrons. The van der Waals surface area contributed by atoms with Crippen LogP contribution in [0.3, 0.4) is 0 Å². The molecule has 16 nitrogen and oxygen atoms in total. The highest BCUT2D eigenvalue weighted by Crippen LogP contribution is 2.48. The summed E-state index contributed by atoms with van der Waals surface area (Å²) in [5, 5.41) is 20.8. The predicted molar refractivity (Wildman–Crippen MR) is 275 cm³/mol. The van der Waals surface area contributed by atoms with E-state index in [9.17, 15) is 14.7 Å². The smallest absolute Gasteiger partial charge is 0.319 e. The highest BCUT2D eigenvalue weighted by Gasteiger charge is 2.47. The van der Waals surface area contributed by atoms with Gasteiger partial charge in [-0.05, 0) is 111 Å². The number of likely N-dealkylation sites (tertiary alicyclic amines) is 1. The second-order valence-electron chi connectivity index (χ2n) is 21.7. The monoisotopic (exact) mass is 1020 g/mol. The summed E-state index contributed by atoms with van der Waals surface area (Å²) < 4.78 is 68.7. The number of alkyl halides is 1. The molecule has 2 amide bonds. The van der Waals surface area contributed by atoms with Gasteiger partial charge in [-0.1, -0.05) is 13.0 Å². The maximum atomic E-state index is 17.4. The number of imide groups is 1. The van der Waals surface area contributed by atoms with E-state index in [0.717, 1.165) is 62.2 Å². The minimum atomic E-state index is -1.30. The Kier molecular flexibility index (Phi) is 13.4. The molecule has 1 unspecified atom stereocenters. The van der Waals surface area contributed by atoms with Gasteiger partial charge in [-0.15, -0.1) is 0 Å². The van der Waals surface area contributed by atoms with Crippen LogP contribution in [0.25, 0.3) is 43.8 Å². The second kappa shape index (κ2) is 19.8. The van der Waals surface area contributed by atoms with Crippen LogP contribution in [-0.2, 0) is 27.8 Å². The molecule has 2 N–H and O–H groups in total. The standard InChI is InChI=1S/C55H65F3N10O6/c1-5-37-42(56)11-7-34-25-36(74-33-72-4)27-40(45(34)37)48-46(57)49-41(28-59-48)50(68-18-6-13-53(2,71)29-68)62-52(61-49)73-32-54(14-15-54)30-65-19-16-55(58,17-20-65)31-66-21-23-67(24-22-66)35-8-9-38-43(26-35)64(3)63-47(38)39-10-12-44(69)60-51(39)70/h7-9,11,25-28,39,71H,5-6,10,12-24,29-33H2,1-4H3,(H,60,69,70)/t39?,53-/m1/s1. The number of fused-ring (bicyclic) bond motifs is 3. The maximum absolute atomic E-state index is 17.4. The highest BCUT2D eigenvalue weighted by molar-refractivity contribution is 6.03. The Morgan fingerprint density at radius 2 is 1.66 bits per heavy atom. The van der Waals surface area contributed by atoms with Crippen molar-refractivity contribution in [2.45, 2.75) is 88.8 Å². The molecule has 2 atom stereocenters. The van der Waals surface area contributed by atoms with Gasteiger partial charge in [-0.2, -0.15) is 15.1 Å². The first-order chi connectivity index (χ1) is 35.6. The number of carbonyl (C=O) groups excluding carboxylic acids is 2. The number of hydrogen-bond donors (Lipinski definition) is 2. The van der Waals surface area contributed by atoms with Crippen molar-refractivity contribution in [3.8, 4) is 23.0 Å². The van der Waals surface area contributed by atoms with Crippen LogP contribution in [0.1, 0.15) is 82.4 Å². The number of rotatable bonds is 15.